The van der Waals surface area contributed by atoms with E-state index in [2.05, 4.69) is 38.4 Å². The second-order valence-electron chi connectivity index (χ2n) is 4.83. The van der Waals surface area contributed by atoms with Crippen molar-refractivity contribution in [3.8, 4) is 0 Å². The van der Waals surface area contributed by atoms with Crippen LogP contribution in [0.15, 0.2) is 6.07 Å². The van der Waals surface area contributed by atoms with Gasteiger partial charge in [0.05, 0.1) is 17.0 Å². The van der Waals surface area contributed by atoms with Gasteiger partial charge in [0.15, 0.2) is 0 Å². The van der Waals surface area contributed by atoms with Crippen LogP contribution in [-0.4, -0.2) is 28.0 Å². The summed E-state index contributed by atoms with van der Waals surface area (Å²) in [7, 11) is 0. The lowest BCUT2D eigenvalue weighted by Crippen LogP contribution is -2.30. The maximum Gasteiger partial charge on any atom is 0.253 e. The number of nitrogens with one attached hydrogen (secondary N) is 1. The van der Waals surface area contributed by atoms with Gasteiger partial charge in [0, 0.05) is 11.9 Å². The maximum atomic E-state index is 12.1. The summed E-state index contributed by atoms with van der Waals surface area (Å²) >= 11 is 3.46. The standard InChI is InChI=1S/C14H22BrN3O/c1-4-5-12(6-7-15)9-16-14(19)13-8-10(2)17-18-11(13)3/h8,12H,4-7,9H2,1-3H3,(H,16,19). The van der Waals surface area contributed by atoms with E-state index < -0.39 is 0 Å². The summed E-state index contributed by atoms with van der Waals surface area (Å²) in [5.74, 6) is 0.482. The Labute approximate surface area is 123 Å². The Morgan fingerprint density at radius 2 is 2.11 bits per heavy atom. The van der Waals surface area contributed by atoms with Gasteiger partial charge in [-0.1, -0.05) is 29.3 Å². The van der Waals surface area contributed by atoms with Gasteiger partial charge in [0.2, 0.25) is 0 Å². The molecule has 5 heteroatoms. The summed E-state index contributed by atoms with van der Waals surface area (Å²) in [6, 6.07) is 1.79. The van der Waals surface area contributed by atoms with Gasteiger partial charge in [0.25, 0.3) is 5.91 Å². The predicted octanol–water partition coefficient (Wildman–Crippen LogP) is 3.02. The zero-order valence-electron chi connectivity index (χ0n) is 11.9. The average Bonchev–Trinajstić information content (AvgIpc) is 2.39. The number of aryl methyl sites for hydroxylation is 2. The van der Waals surface area contributed by atoms with E-state index in [9.17, 15) is 4.79 Å². The summed E-state index contributed by atoms with van der Waals surface area (Å²) in [6.07, 6.45) is 3.36. The Balaban J connectivity index is 2.61. The third kappa shape index (κ3) is 5.27. The molecule has 0 aliphatic carbocycles. The molecule has 106 valence electrons. The zero-order valence-corrected chi connectivity index (χ0v) is 13.5. The van der Waals surface area contributed by atoms with E-state index in [-0.39, 0.29) is 5.91 Å². The first-order valence-corrected chi connectivity index (χ1v) is 7.85. The fourth-order valence-electron chi connectivity index (χ4n) is 2.02. The molecule has 4 nitrogen and oxygen atoms in total. The predicted molar refractivity (Wildman–Crippen MR) is 80.6 cm³/mol. The van der Waals surface area contributed by atoms with Crippen molar-refractivity contribution in [3.05, 3.63) is 23.0 Å². The van der Waals surface area contributed by atoms with Crippen molar-refractivity contribution in [1.82, 2.24) is 15.5 Å². The molecule has 0 spiro atoms. The van der Waals surface area contributed by atoms with Crippen molar-refractivity contribution in [3.63, 3.8) is 0 Å². The molecule has 0 fully saturated rings. The van der Waals surface area contributed by atoms with Gasteiger partial charge in [-0.3, -0.25) is 4.79 Å². The summed E-state index contributed by atoms with van der Waals surface area (Å²) in [5.41, 5.74) is 2.07. The number of nitrogens with zero attached hydrogens (tertiary/aromatic N) is 2. The van der Waals surface area contributed by atoms with Crippen LogP contribution >= 0.6 is 15.9 Å². The quantitative estimate of drug-likeness (QED) is 0.783. The monoisotopic (exact) mass is 327 g/mol. The Morgan fingerprint density at radius 1 is 1.37 bits per heavy atom. The van der Waals surface area contributed by atoms with Gasteiger partial charge in [-0.15, -0.1) is 0 Å². The molecular formula is C14H22BrN3O. The van der Waals surface area contributed by atoms with Crippen molar-refractivity contribution in [2.45, 2.75) is 40.0 Å². The molecule has 0 radical (unpaired) electrons. The SMILES string of the molecule is CCCC(CCBr)CNC(=O)c1cc(C)nnc1C. The lowest BCUT2D eigenvalue weighted by Gasteiger charge is -2.16. The number of hydrogen-bond acceptors (Lipinski definition) is 3. The molecular weight excluding hydrogens is 306 g/mol. The highest BCUT2D eigenvalue weighted by Crippen LogP contribution is 2.12. The number of alkyl halides is 1. The molecule has 19 heavy (non-hydrogen) atoms. The second-order valence-corrected chi connectivity index (χ2v) is 5.62. The van der Waals surface area contributed by atoms with Crippen LogP contribution in [0.3, 0.4) is 0 Å². The van der Waals surface area contributed by atoms with Crippen LogP contribution in [0.2, 0.25) is 0 Å². The molecule has 0 aromatic carbocycles. The summed E-state index contributed by atoms with van der Waals surface area (Å²) in [6.45, 7) is 6.54. The number of rotatable bonds is 7. The highest BCUT2D eigenvalue weighted by atomic mass is 79.9. The Kier molecular flexibility index (Phi) is 6.99. The molecule has 1 aromatic rings. The lowest BCUT2D eigenvalue weighted by atomic mass is 10.0. The minimum atomic E-state index is -0.0498. The van der Waals surface area contributed by atoms with Crippen molar-refractivity contribution >= 4 is 21.8 Å². The first-order valence-electron chi connectivity index (χ1n) is 6.73. The van der Waals surface area contributed by atoms with Crippen LogP contribution in [0.1, 0.15) is 47.9 Å². The third-order valence-corrected chi connectivity index (χ3v) is 3.57. The van der Waals surface area contributed by atoms with Crippen LogP contribution in [0, 0.1) is 19.8 Å². The van der Waals surface area contributed by atoms with E-state index in [1.807, 2.05) is 13.8 Å². The number of carbonyl (C=O) groups is 1. The second kappa shape index (κ2) is 8.25. The maximum absolute atomic E-state index is 12.1. The van der Waals surface area contributed by atoms with Gasteiger partial charge >= 0.3 is 0 Å². The van der Waals surface area contributed by atoms with E-state index in [1.54, 1.807) is 6.07 Å². The molecule has 1 N–H and O–H groups in total. The minimum Gasteiger partial charge on any atom is -0.352 e. The molecule has 1 heterocycles. The molecule has 1 rings (SSSR count). The fraction of sp³-hybridized carbons (Fsp3) is 0.643. The highest BCUT2D eigenvalue weighted by molar-refractivity contribution is 9.09. The molecule has 0 bridgehead atoms. The number of aromatic nitrogens is 2. The molecule has 0 saturated heterocycles. The summed E-state index contributed by atoms with van der Waals surface area (Å²) in [5, 5.41) is 11.9. The molecule has 1 unspecified atom stereocenters. The zero-order chi connectivity index (χ0) is 14.3. The van der Waals surface area contributed by atoms with Crippen LogP contribution in [0.25, 0.3) is 0 Å². The first-order chi connectivity index (χ1) is 9.08. The topological polar surface area (TPSA) is 54.9 Å². The first kappa shape index (κ1) is 16.1. The van der Waals surface area contributed by atoms with E-state index in [0.29, 0.717) is 17.2 Å². The van der Waals surface area contributed by atoms with Crippen LogP contribution in [0.5, 0.6) is 0 Å². The van der Waals surface area contributed by atoms with Crippen molar-refractivity contribution in [1.29, 1.82) is 0 Å². The van der Waals surface area contributed by atoms with Gasteiger partial charge in [-0.25, -0.2) is 0 Å². The van der Waals surface area contributed by atoms with E-state index in [0.717, 1.165) is 36.8 Å². The number of carbonyl (C=O) groups excluding carboxylic acids is 1. The minimum absolute atomic E-state index is 0.0498. The molecule has 0 aliphatic heterocycles. The largest absolute Gasteiger partial charge is 0.352 e. The van der Waals surface area contributed by atoms with Crippen LogP contribution in [-0.2, 0) is 0 Å². The molecule has 1 aromatic heterocycles. The number of amides is 1. The highest BCUT2D eigenvalue weighted by Gasteiger charge is 2.13. The van der Waals surface area contributed by atoms with Crippen molar-refractivity contribution in [2.24, 2.45) is 5.92 Å². The van der Waals surface area contributed by atoms with E-state index in [4.69, 9.17) is 0 Å². The molecule has 0 aliphatic rings. The summed E-state index contributed by atoms with van der Waals surface area (Å²) in [4.78, 5) is 12.1. The van der Waals surface area contributed by atoms with Crippen molar-refractivity contribution in [2.75, 3.05) is 11.9 Å². The summed E-state index contributed by atoms with van der Waals surface area (Å²) < 4.78 is 0. The average molecular weight is 328 g/mol. The van der Waals surface area contributed by atoms with Gasteiger partial charge in [0.1, 0.15) is 0 Å². The molecule has 1 amide bonds. The molecule has 0 saturated carbocycles. The number of halogens is 1. The van der Waals surface area contributed by atoms with Gasteiger partial charge in [-0.05, 0) is 38.7 Å². The Bertz CT molecular complexity index is 417. The van der Waals surface area contributed by atoms with Crippen LogP contribution in [0.4, 0.5) is 0 Å². The smallest absolute Gasteiger partial charge is 0.253 e. The van der Waals surface area contributed by atoms with Gasteiger partial charge in [-0.2, -0.15) is 10.2 Å². The Hall–Kier alpha value is -0.970. The van der Waals surface area contributed by atoms with Crippen LogP contribution < -0.4 is 5.32 Å². The molecule has 1 atom stereocenters. The van der Waals surface area contributed by atoms with Gasteiger partial charge < -0.3 is 5.32 Å². The normalized spacial score (nSPS) is 12.2. The van der Waals surface area contributed by atoms with E-state index in [1.165, 1.54) is 0 Å². The third-order valence-electron chi connectivity index (χ3n) is 3.11. The van der Waals surface area contributed by atoms with Crippen molar-refractivity contribution < 1.29 is 4.79 Å². The van der Waals surface area contributed by atoms with E-state index >= 15 is 0 Å². The number of hydrogen-bond donors (Lipinski definition) is 1. The Morgan fingerprint density at radius 3 is 2.74 bits per heavy atom. The fourth-order valence-corrected chi connectivity index (χ4v) is 2.67. The lowest BCUT2D eigenvalue weighted by molar-refractivity contribution is 0.0944.